The van der Waals surface area contributed by atoms with Crippen molar-refractivity contribution < 1.29 is 9.59 Å². The number of carbonyl (C=O) groups is 2. The lowest BCUT2D eigenvalue weighted by atomic mass is 9.94. The molecule has 1 aliphatic rings. The lowest BCUT2D eigenvalue weighted by molar-refractivity contribution is -0.124. The summed E-state index contributed by atoms with van der Waals surface area (Å²) < 4.78 is 0. The van der Waals surface area contributed by atoms with Gasteiger partial charge in [-0.1, -0.05) is 35.9 Å². The van der Waals surface area contributed by atoms with Crippen molar-refractivity contribution in [3.8, 4) is 0 Å². The van der Waals surface area contributed by atoms with E-state index in [4.69, 9.17) is 17.3 Å². The normalized spacial score (nSPS) is 15.9. The number of benzene rings is 2. The third kappa shape index (κ3) is 3.77. The van der Waals surface area contributed by atoms with Crippen LogP contribution in [0.15, 0.2) is 48.5 Å². The monoisotopic (exact) mass is 357 g/mol. The van der Waals surface area contributed by atoms with Crippen molar-refractivity contribution in [2.24, 2.45) is 5.73 Å². The van der Waals surface area contributed by atoms with Gasteiger partial charge in [0.2, 0.25) is 5.91 Å². The van der Waals surface area contributed by atoms with Crippen molar-refractivity contribution in [3.05, 3.63) is 64.7 Å². The maximum atomic E-state index is 12.8. The van der Waals surface area contributed by atoms with E-state index < -0.39 is 11.4 Å². The lowest BCUT2D eigenvalue weighted by Crippen LogP contribution is -2.36. The zero-order chi connectivity index (χ0) is 18.0. The zero-order valence-electron chi connectivity index (χ0n) is 13.9. The van der Waals surface area contributed by atoms with Crippen LogP contribution >= 0.6 is 11.6 Å². The third-order valence-electron chi connectivity index (χ3n) is 4.59. The van der Waals surface area contributed by atoms with Gasteiger partial charge < -0.3 is 16.4 Å². The molecule has 2 aromatic rings. The van der Waals surface area contributed by atoms with Crippen molar-refractivity contribution in [1.82, 2.24) is 5.32 Å². The summed E-state index contributed by atoms with van der Waals surface area (Å²) in [6.07, 6.45) is 1.65. The minimum atomic E-state index is -0.605. The standard InChI is InChI=1S/C19H20ClN3O2/c1-12(13-5-7-16(8-6-13)23-18(21)25)22-17(24)19(9-10-19)14-3-2-4-15(20)11-14/h2-8,11-12H,9-10H2,1H3,(H,22,24)(H3,21,23,25). The summed E-state index contributed by atoms with van der Waals surface area (Å²) in [4.78, 5) is 23.7. The predicted octanol–water partition coefficient (Wildman–Crippen LogP) is 3.74. The number of primary amides is 1. The first kappa shape index (κ1) is 17.3. The summed E-state index contributed by atoms with van der Waals surface area (Å²) in [6.45, 7) is 1.93. The van der Waals surface area contributed by atoms with E-state index >= 15 is 0 Å². The van der Waals surface area contributed by atoms with Crippen LogP contribution in [0, 0.1) is 0 Å². The highest BCUT2D eigenvalue weighted by Gasteiger charge is 2.51. The Balaban J connectivity index is 1.69. The summed E-state index contributed by atoms with van der Waals surface area (Å²) in [5.41, 5.74) is 7.16. The van der Waals surface area contributed by atoms with Gasteiger partial charge in [-0.2, -0.15) is 0 Å². The summed E-state index contributed by atoms with van der Waals surface area (Å²) in [6, 6.07) is 14.0. The molecule has 4 N–H and O–H groups in total. The highest BCUT2D eigenvalue weighted by Crippen LogP contribution is 2.49. The molecule has 1 unspecified atom stereocenters. The molecule has 1 fully saturated rings. The predicted molar refractivity (Wildman–Crippen MR) is 98.6 cm³/mol. The zero-order valence-corrected chi connectivity index (χ0v) is 14.6. The second-order valence-corrected chi connectivity index (χ2v) is 6.84. The van der Waals surface area contributed by atoms with Crippen LogP contribution in [0.4, 0.5) is 10.5 Å². The second kappa shape index (κ2) is 6.76. The van der Waals surface area contributed by atoms with Crippen molar-refractivity contribution in [2.75, 3.05) is 5.32 Å². The van der Waals surface area contributed by atoms with Gasteiger partial charge in [0.15, 0.2) is 0 Å². The summed E-state index contributed by atoms with van der Waals surface area (Å²) in [5, 5.41) is 6.24. The molecule has 0 radical (unpaired) electrons. The topological polar surface area (TPSA) is 84.2 Å². The van der Waals surface area contributed by atoms with E-state index in [1.54, 1.807) is 12.1 Å². The van der Waals surface area contributed by atoms with E-state index in [2.05, 4.69) is 10.6 Å². The largest absolute Gasteiger partial charge is 0.351 e. The quantitative estimate of drug-likeness (QED) is 0.761. The van der Waals surface area contributed by atoms with Gasteiger partial charge in [0, 0.05) is 10.7 Å². The summed E-state index contributed by atoms with van der Waals surface area (Å²) in [7, 11) is 0. The van der Waals surface area contributed by atoms with E-state index in [1.165, 1.54) is 0 Å². The Labute approximate surface area is 151 Å². The number of amides is 3. The van der Waals surface area contributed by atoms with Gasteiger partial charge in [-0.15, -0.1) is 0 Å². The first-order valence-corrected chi connectivity index (χ1v) is 8.52. The molecule has 1 saturated carbocycles. The molecule has 0 bridgehead atoms. The molecular formula is C19H20ClN3O2. The number of nitrogens with two attached hydrogens (primary N) is 1. The fraction of sp³-hybridized carbons (Fsp3) is 0.263. The molecular weight excluding hydrogens is 338 g/mol. The number of nitrogens with one attached hydrogen (secondary N) is 2. The second-order valence-electron chi connectivity index (χ2n) is 6.40. The first-order chi connectivity index (χ1) is 11.9. The number of urea groups is 1. The Morgan fingerprint density at radius 1 is 1.16 bits per heavy atom. The molecule has 0 saturated heterocycles. The van der Waals surface area contributed by atoms with Gasteiger partial charge in [0.25, 0.3) is 0 Å². The van der Waals surface area contributed by atoms with E-state index in [9.17, 15) is 9.59 Å². The van der Waals surface area contributed by atoms with Crippen molar-refractivity contribution >= 4 is 29.2 Å². The molecule has 3 rings (SSSR count). The van der Waals surface area contributed by atoms with Crippen molar-refractivity contribution in [3.63, 3.8) is 0 Å². The Bertz CT molecular complexity index is 801. The number of carbonyl (C=O) groups excluding carboxylic acids is 2. The van der Waals surface area contributed by atoms with Gasteiger partial charge in [0.1, 0.15) is 0 Å². The van der Waals surface area contributed by atoms with Crippen molar-refractivity contribution in [2.45, 2.75) is 31.2 Å². The molecule has 1 aliphatic carbocycles. The Kier molecular flexibility index (Phi) is 4.68. The van der Waals surface area contributed by atoms with Crippen LogP contribution in [0.1, 0.15) is 36.9 Å². The summed E-state index contributed by atoms with van der Waals surface area (Å²) >= 11 is 6.07. The molecule has 0 spiro atoms. The average molecular weight is 358 g/mol. The van der Waals surface area contributed by atoms with Crippen LogP contribution in [0.5, 0.6) is 0 Å². The molecule has 1 atom stereocenters. The summed E-state index contributed by atoms with van der Waals surface area (Å²) in [5.74, 6) is 0.0154. The van der Waals surface area contributed by atoms with E-state index in [1.807, 2.05) is 43.3 Å². The molecule has 0 aromatic heterocycles. The van der Waals surface area contributed by atoms with Gasteiger partial charge in [0.05, 0.1) is 11.5 Å². The average Bonchev–Trinajstić information content (AvgIpc) is 3.37. The fourth-order valence-electron chi connectivity index (χ4n) is 2.97. The van der Waals surface area contributed by atoms with E-state index in [-0.39, 0.29) is 11.9 Å². The molecule has 2 aromatic carbocycles. The number of hydrogen-bond donors (Lipinski definition) is 3. The number of rotatable bonds is 5. The molecule has 0 aliphatic heterocycles. The van der Waals surface area contributed by atoms with Crippen LogP contribution in [0.25, 0.3) is 0 Å². The maximum Gasteiger partial charge on any atom is 0.316 e. The van der Waals surface area contributed by atoms with Crippen molar-refractivity contribution in [1.29, 1.82) is 0 Å². The smallest absolute Gasteiger partial charge is 0.316 e. The third-order valence-corrected chi connectivity index (χ3v) is 4.82. The van der Waals surface area contributed by atoms with E-state index in [0.717, 1.165) is 24.0 Å². The van der Waals surface area contributed by atoms with Gasteiger partial charge >= 0.3 is 6.03 Å². The molecule has 0 heterocycles. The molecule has 130 valence electrons. The van der Waals surface area contributed by atoms with Gasteiger partial charge in [-0.05, 0) is 55.2 Å². The number of halogens is 1. The SMILES string of the molecule is CC(NC(=O)C1(c2cccc(Cl)c2)CC1)c1ccc(NC(N)=O)cc1. The minimum Gasteiger partial charge on any atom is -0.351 e. The first-order valence-electron chi connectivity index (χ1n) is 8.14. The van der Waals surface area contributed by atoms with Gasteiger partial charge in [-0.25, -0.2) is 4.79 Å². The minimum absolute atomic E-state index is 0.0154. The lowest BCUT2D eigenvalue weighted by Gasteiger charge is -2.21. The van der Waals surface area contributed by atoms with Crippen LogP contribution in [-0.2, 0) is 10.2 Å². The Morgan fingerprint density at radius 2 is 1.84 bits per heavy atom. The molecule has 5 nitrogen and oxygen atoms in total. The molecule has 6 heteroatoms. The highest BCUT2D eigenvalue weighted by molar-refractivity contribution is 6.30. The molecule has 25 heavy (non-hydrogen) atoms. The van der Waals surface area contributed by atoms with Crippen LogP contribution in [-0.4, -0.2) is 11.9 Å². The maximum absolute atomic E-state index is 12.8. The molecule has 3 amide bonds. The number of hydrogen-bond acceptors (Lipinski definition) is 2. The van der Waals surface area contributed by atoms with Crippen LogP contribution in [0.2, 0.25) is 5.02 Å². The van der Waals surface area contributed by atoms with Crippen LogP contribution in [0.3, 0.4) is 0 Å². The Hall–Kier alpha value is -2.53. The van der Waals surface area contributed by atoms with E-state index in [0.29, 0.717) is 10.7 Å². The highest BCUT2D eigenvalue weighted by atomic mass is 35.5. The number of anilines is 1. The van der Waals surface area contributed by atoms with Crippen LogP contribution < -0.4 is 16.4 Å². The van der Waals surface area contributed by atoms with Gasteiger partial charge in [-0.3, -0.25) is 4.79 Å². The Morgan fingerprint density at radius 3 is 2.40 bits per heavy atom. The fourth-order valence-corrected chi connectivity index (χ4v) is 3.16.